The number of nitrogens with zero attached hydrogens (tertiary/aromatic N) is 1. The van der Waals surface area contributed by atoms with Gasteiger partial charge in [0.05, 0.1) is 18.1 Å². The van der Waals surface area contributed by atoms with Crippen LogP contribution in [0.5, 0.6) is 0 Å². The van der Waals surface area contributed by atoms with Crippen molar-refractivity contribution in [2.24, 2.45) is 5.41 Å². The summed E-state index contributed by atoms with van der Waals surface area (Å²) in [7, 11) is 3.19. The highest BCUT2D eigenvalue weighted by atomic mass is 16.5. The van der Waals surface area contributed by atoms with Crippen LogP contribution >= 0.6 is 0 Å². The summed E-state index contributed by atoms with van der Waals surface area (Å²) in [6.45, 7) is 1.35. The van der Waals surface area contributed by atoms with E-state index in [2.05, 4.69) is 0 Å². The summed E-state index contributed by atoms with van der Waals surface area (Å²) in [6, 6.07) is 0. The number of hydrogen-bond donors (Lipinski definition) is 1. The second-order valence-electron chi connectivity index (χ2n) is 5.12. The molecule has 1 aliphatic heterocycles. The monoisotopic (exact) mass is 243 g/mol. The summed E-state index contributed by atoms with van der Waals surface area (Å²) in [5.74, 6) is 0.115. The van der Waals surface area contributed by atoms with Gasteiger partial charge >= 0.3 is 0 Å². The Morgan fingerprint density at radius 3 is 2.53 bits per heavy atom. The number of aliphatic hydroxyl groups is 1. The van der Waals surface area contributed by atoms with Crippen LogP contribution in [0.3, 0.4) is 0 Å². The molecular weight excluding hydrogens is 222 g/mol. The number of carbonyl (C=O) groups excluding carboxylic acids is 1. The van der Waals surface area contributed by atoms with Crippen molar-refractivity contribution in [2.75, 3.05) is 33.9 Å². The number of β-amino-alcohol motifs (C(OH)–C–C–N with tert-alkyl or cyclic N) is 1. The molecule has 0 radical (unpaired) electrons. The molecule has 0 aromatic heterocycles. The maximum Gasteiger partial charge on any atom is 0.231 e. The van der Waals surface area contributed by atoms with Crippen LogP contribution in [0.15, 0.2) is 0 Å². The lowest BCUT2D eigenvalue weighted by Gasteiger charge is -2.42. The van der Waals surface area contributed by atoms with Crippen molar-refractivity contribution in [1.29, 1.82) is 0 Å². The Hall–Kier alpha value is -0.650. The average Bonchev–Trinajstić information content (AvgIpc) is 2.64. The smallest absolute Gasteiger partial charge is 0.231 e. The van der Waals surface area contributed by atoms with E-state index in [1.807, 2.05) is 0 Å². The van der Waals surface area contributed by atoms with Crippen molar-refractivity contribution in [1.82, 2.24) is 4.90 Å². The fourth-order valence-corrected chi connectivity index (χ4v) is 2.79. The zero-order chi connectivity index (χ0) is 12.5. The molecule has 2 fully saturated rings. The van der Waals surface area contributed by atoms with Crippen LogP contribution in [-0.2, 0) is 14.3 Å². The number of carbonyl (C=O) groups is 1. The van der Waals surface area contributed by atoms with Crippen molar-refractivity contribution in [3.05, 3.63) is 0 Å². The van der Waals surface area contributed by atoms with E-state index in [-0.39, 0.29) is 17.4 Å². The summed E-state index contributed by atoms with van der Waals surface area (Å²) < 4.78 is 10.3. The lowest BCUT2D eigenvalue weighted by molar-refractivity contribution is -0.151. The van der Waals surface area contributed by atoms with E-state index >= 15 is 0 Å². The molecule has 2 aliphatic rings. The van der Waals surface area contributed by atoms with Crippen LogP contribution in [0.1, 0.15) is 19.3 Å². The first-order valence-electron chi connectivity index (χ1n) is 6.12. The summed E-state index contributed by atoms with van der Waals surface area (Å²) in [5, 5.41) is 9.74. The predicted octanol–water partition coefficient (Wildman–Crippen LogP) is 0.0212. The van der Waals surface area contributed by atoms with Crippen LogP contribution in [0.2, 0.25) is 0 Å². The third-order valence-electron chi connectivity index (χ3n) is 4.01. The number of hydrogen-bond acceptors (Lipinski definition) is 4. The molecule has 0 aromatic carbocycles. The molecule has 5 heteroatoms. The third-order valence-corrected chi connectivity index (χ3v) is 4.01. The fraction of sp³-hybridized carbons (Fsp3) is 0.917. The first-order valence-corrected chi connectivity index (χ1v) is 6.12. The maximum absolute atomic E-state index is 12.4. The van der Waals surface area contributed by atoms with E-state index in [9.17, 15) is 9.90 Å². The van der Waals surface area contributed by atoms with Gasteiger partial charge in [-0.2, -0.15) is 0 Å². The summed E-state index contributed by atoms with van der Waals surface area (Å²) >= 11 is 0. The summed E-state index contributed by atoms with van der Waals surface area (Å²) in [5.41, 5.74) is -0.336. The lowest BCUT2D eigenvalue weighted by atomic mass is 9.68. The molecule has 98 valence electrons. The second-order valence-corrected chi connectivity index (χ2v) is 5.12. The number of ether oxygens (including phenoxy) is 2. The minimum atomic E-state index is -0.566. The van der Waals surface area contributed by atoms with Crippen molar-refractivity contribution in [3.63, 3.8) is 0 Å². The normalized spacial score (nSPS) is 31.4. The molecule has 5 nitrogen and oxygen atoms in total. The Labute approximate surface area is 102 Å². The van der Waals surface area contributed by atoms with E-state index in [1.54, 1.807) is 19.1 Å². The van der Waals surface area contributed by atoms with Gasteiger partial charge in [-0.1, -0.05) is 6.42 Å². The number of likely N-dealkylation sites (tertiary alicyclic amines) is 1. The van der Waals surface area contributed by atoms with Gasteiger partial charge in [-0.15, -0.1) is 0 Å². The van der Waals surface area contributed by atoms with Gasteiger partial charge in [0.25, 0.3) is 0 Å². The number of rotatable bonds is 4. The van der Waals surface area contributed by atoms with Crippen LogP contribution in [0.25, 0.3) is 0 Å². The van der Waals surface area contributed by atoms with Gasteiger partial charge in [0, 0.05) is 27.3 Å². The van der Waals surface area contributed by atoms with Gasteiger partial charge < -0.3 is 19.5 Å². The molecule has 1 aliphatic carbocycles. The minimum Gasteiger partial charge on any atom is -0.388 e. The number of aliphatic hydroxyl groups excluding tert-OH is 1. The Morgan fingerprint density at radius 1 is 1.41 bits per heavy atom. The van der Waals surface area contributed by atoms with Crippen molar-refractivity contribution < 1.29 is 19.4 Å². The van der Waals surface area contributed by atoms with E-state index < -0.39 is 6.10 Å². The summed E-state index contributed by atoms with van der Waals surface area (Å²) in [4.78, 5) is 14.1. The van der Waals surface area contributed by atoms with Gasteiger partial charge in [0.2, 0.25) is 5.91 Å². The molecule has 2 atom stereocenters. The Morgan fingerprint density at radius 2 is 2.12 bits per heavy atom. The second kappa shape index (κ2) is 4.92. The zero-order valence-corrected chi connectivity index (χ0v) is 10.5. The Balaban J connectivity index is 2.00. The Kier molecular flexibility index (Phi) is 3.70. The van der Waals surface area contributed by atoms with Crippen LogP contribution in [-0.4, -0.2) is 62.0 Å². The molecule has 0 bridgehead atoms. The summed E-state index contributed by atoms with van der Waals surface area (Å²) in [6.07, 6.45) is 2.05. The molecule has 1 saturated heterocycles. The molecule has 1 saturated carbocycles. The van der Waals surface area contributed by atoms with Crippen LogP contribution < -0.4 is 0 Å². The quantitative estimate of drug-likeness (QED) is 0.756. The van der Waals surface area contributed by atoms with Gasteiger partial charge in [0.15, 0.2) is 0 Å². The van der Waals surface area contributed by atoms with E-state index in [0.29, 0.717) is 19.7 Å². The van der Waals surface area contributed by atoms with Gasteiger partial charge in [-0.05, 0) is 12.8 Å². The van der Waals surface area contributed by atoms with E-state index in [0.717, 1.165) is 19.3 Å². The molecule has 0 spiro atoms. The SMILES string of the molecule is COCC1(C(=O)N2C[C@H](OC)[C@@H](O)C2)CCC1. The van der Waals surface area contributed by atoms with Crippen molar-refractivity contribution in [2.45, 2.75) is 31.5 Å². The highest BCUT2D eigenvalue weighted by Crippen LogP contribution is 2.43. The lowest BCUT2D eigenvalue weighted by Crippen LogP contribution is -2.50. The standard InChI is InChI=1S/C12H21NO4/c1-16-8-12(4-3-5-12)11(15)13-6-9(14)10(7-13)17-2/h9-10,14H,3-8H2,1-2H3/t9-,10-/m0/s1. The van der Waals surface area contributed by atoms with E-state index in [1.165, 1.54) is 0 Å². The number of amides is 1. The van der Waals surface area contributed by atoms with Gasteiger partial charge in [-0.3, -0.25) is 4.79 Å². The molecular formula is C12H21NO4. The van der Waals surface area contributed by atoms with Crippen molar-refractivity contribution in [3.8, 4) is 0 Å². The largest absolute Gasteiger partial charge is 0.388 e. The highest BCUT2D eigenvalue weighted by molar-refractivity contribution is 5.84. The van der Waals surface area contributed by atoms with Gasteiger partial charge in [0.1, 0.15) is 6.10 Å². The van der Waals surface area contributed by atoms with Crippen molar-refractivity contribution >= 4 is 5.91 Å². The molecule has 17 heavy (non-hydrogen) atoms. The van der Waals surface area contributed by atoms with Crippen LogP contribution in [0, 0.1) is 5.41 Å². The number of methoxy groups -OCH3 is 2. The first-order chi connectivity index (χ1) is 8.13. The Bertz CT molecular complexity index is 290. The molecule has 0 unspecified atom stereocenters. The fourth-order valence-electron chi connectivity index (χ4n) is 2.79. The molecule has 2 rings (SSSR count). The van der Waals surface area contributed by atoms with E-state index in [4.69, 9.17) is 9.47 Å². The molecule has 1 N–H and O–H groups in total. The molecule has 1 amide bonds. The molecule has 0 aromatic rings. The minimum absolute atomic E-state index is 0.115. The molecule has 1 heterocycles. The van der Waals surface area contributed by atoms with Crippen LogP contribution in [0.4, 0.5) is 0 Å². The predicted molar refractivity (Wildman–Crippen MR) is 61.5 cm³/mol. The third kappa shape index (κ3) is 2.19. The van der Waals surface area contributed by atoms with Gasteiger partial charge in [-0.25, -0.2) is 0 Å². The topological polar surface area (TPSA) is 59.0 Å². The first kappa shape index (κ1) is 12.8. The zero-order valence-electron chi connectivity index (χ0n) is 10.5. The highest BCUT2D eigenvalue weighted by Gasteiger charge is 2.48. The average molecular weight is 243 g/mol. The maximum atomic E-state index is 12.4.